The van der Waals surface area contributed by atoms with E-state index in [0.29, 0.717) is 24.7 Å². The Hall–Kier alpha value is -0.680. The van der Waals surface area contributed by atoms with E-state index in [0.717, 1.165) is 5.56 Å². The van der Waals surface area contributed by atoms with Crippen LogP contribution in [0.5, 0.6) is 0 Å². The molecule has 0 heterocycles. The predicted octanol–water partition coefficient (Wildman–Crippen LogP) is 2.23. The van der Waals surface area contributed by atoms with Crippen molar-refractivity contribution in [3.63, 3.8) is 0 Å². The molecule has 3 nitrogen and oxygen atoms in total. The number of hydrogen-bond donors (Lipinski definition) is 1. The van der Waals surface area contributed by atoms with E-state index >= 15 is 0 Å². The molecular weight excluding hydrogens is 245 g/mol. The molecule has 0 saturated heterocycles. The molecule has 0 spiro atoms. The van der Waals surface area contributed by atoms with Gasteiger partial charge < -0.3 is 14.8 Å². The number of ether oxygens (including phenoxy) is 2. The molecule has 1 unspecified atom stereocenters. The summed E-state index contributed by atoms with van der Waals surface area (Å²) in [6.45, 7) is 1.64. The maximum Gasteiger partial charge on any atom is 0.123 e. The molecular formula is C12H17ClFNO2. The smallest absolute Gasteiger partial charge is 0.123 e. The molecule has 0 aliphatic carbocycles. The molecule has 17 heavy (non-hydrogen) atoms. The molecule has 1 N–H and O–H groups in total. The van der Waals surface area contributed by atoms with Crippen molar-refractivity contribution in [1.82, 2.24) is 5.32 Å². The Balaban J connectivity index is 2.42. The Morgan fingerprint density at radius 3 is 2.82 bits per heavy atom. The van der Waals surface area contributed by atoms with Gasteiger partial charge >= 0.3 is 0 Å². The van der Waals surface area contributed by atoms with Gasteiger partial charge in [-0.05, 0) is 23.8 Å². The minimum atomic E-state index is -0.286. The highest BCUT2D eigenvalue weighted by Crippen LogP contribution is 2.16. The first-order valence-electron chi connectivity index (χ1n) is 5.33. The molecule has 0 amide bonds. The molecule has 1 aromatic rings. The van der Waals surface area contributed by atoms with Crippen molar-refractivity contribution in [2.24, 2.45) is 0 Å². The number of nitrogens with one attached hydrogen (secondary N) is 1. The number of benzene rings is 1. The second-order valence-electron chi connectivity index (χ2n) is 3.68. The lowest BCUT2D eigenvalue weighted by Gasteiger charge is -2.15. The first-order valence-corrected chi connectivity index (χ1v) is 5.71. The van der Waals surface area contributed by atoms with Gasteiger partial charge in [0, 0.05) is 32.3 Å². The van der Waals surface area contributed by atoms with Gasteiger partial charge in [-0.15, -0.1) is 0 Å². The van der Waals surface area contributed by atoms with E-state index in [1.54, 1.807) is 20.3 Å². The van der Waals surface area contributed by atoms with Gasteiger partial charge in [0.05, 0.1) is 12.7 Å². The number of methoxy groups -OCH3 is 2. The van der Waals surface area contributed by atoms with Crippen LogP contribution in [-0.2, 0) is 16.0 Å². The van der Waals surface area contributed by atoms with Crippen molar-refractivity contribution < 1.29 is 13.9 Å². The Kier molecular flexibility index (Phi) is 6.44. The topological polar surface area (TPSA) is 30.5 Å². The van der Waals surface area contributed by atoms with Gasteiger partial charge in [0.2, 0.25) is 0 Å². The summed E-state index contributed by atoms with van der Waals surface area (Å²) in [5.74, 6) is -0.286. The van der Waals surface area contributed by atoms with Crippen LogP contribution in [-0.4, -0.2) is 33.5 Å². The monoisotopic (exact) mass is 261 g/mol. The standard InChI is InChI=1S/C12H17ClFNO2/c1-16-8-11(17-2)7-15-6-9-5-10(14)3-4-12(9)13/h3-5,11,15H,6-8H2,1-2H3. The van der Waals surface area contributed by atoms with Crippen molar-refractivity contribution in [3.05, 3.63) is 34.6 Å². The van der Waals surface area contributed by atoms with E-state index in [-0.39, 0.29) is 11.9 Å². The predicted molar refractivity (Wildman–Crippen MR) is 65.8 cm³/mol. The van der Waals surface area contributed by atoms with Crippen LogP contribution in [0.4, 0.5) is 4.39 Å². The minimum absolute atomic E-state index is 0.0210. The van der Waals surface area contributed by atoms with Gasteiger partial charge in [0.15, 0.2) is 0 Å². The number of rotatable bonds is 7. The Labute approximate surface area is 106 Å². The third-order valence-electron chi connectivity index (χ3n) is 2.38. The summed E-state index contributed by atoms with van der Waals surface area (Å²) >= 11 is 5.94. The zero-order valence-corrected chi connectivity index (χ0v) is 10.8. The quantitative estimate of drug-likeness (QED) is 0.817. The highest BCUT2D eigenvalue weighted by atomic mass is 35.5. The second-order valence-corrected chi connectivity index (χ2v) is 4.09. The fourth-order valence-corrected chi connectivity index (χ4v) is 1.63. The SMILES string of the molecule is COCC(CNCc1cc(F)ccc1Cl)OC. The van der Waals surface area contributed by atoms with Crippen molar-refractivity contribution in [2.45, 2.75) is 12.6 Å². The summed E-state index contributed by atoms with van der Waals surface area (Å²) in [6.07, 6.45) is -0.0210. The third kappa shape index (κ3) is 5.00. The van der Waals surface area contributed by atoms with Crippen LogP contribution in [0.2, 0.25) is 5.02 Å². The molecule has 0 saturated carbocycles. The zero-order valence-electron chi connectivity index (χ0n) is 10.0. The Morgan fingerprint density at radius 1 is 1.41 bits per heavy atom. The first-order chi connectivity index (χ1) is 8.17. The molecule has 1 aromatic carbocycles. The molecule has 5 heteroatoms. The number of hydrogen-bond acceptors (Lipinski definition) is 3. The first kappa shape index (κ1) is 14.4. The molecule has 0 bridgehead atoms. The van der Waals surface area contributed by atoms with E-state index in [1.165, 1.54) is 12.1 Å². The average molecular weight is 262 g/mol. The van der Waals surface area contributed by atoms with Crippen LogP contribution < -0.4 is 5.32 Å². The van der Waals surface area contributed by atoms with Crippen LogP contribution in [0.3, 0.4) is 0 Å². The summed E-state index contributed by atoms with van der Waals surface area (Å²) < 4.78 is 23.2. The van der Waals surface area contributed by atoms with Crippen LogP contribution in [0.1, 0.15) is 5.56 Å². The van der Waals surface area contributed by atoms with E-state index in [9.17, 15) is 4.39 Å². The van der Waals surface area contributed by atoms with Crippen molar-refractivity contribution in [1.29, 1.82) is 0 Å². The molecule has 0 aliphatic rings. The highest BCUT2D eigenvalue weighted by Gasteiger charge is 2.07. The molecule has 1 atom stereocenters. The van der Waals surface area contributed by atoms with Crippen molar-refractivity contribution >= 4 is 11.6 Å². The van der Waals surface area contributed by atoms with Gasteiger partial charge in [0.25, 0.3) is 0 Å². The van der Waals surface area contributed by atoms with Gasteiger partial charge in [-0.25, -0.2) is 4.39 Å². The van der Waals surface area contributed by atoms with E-state index < -0.39 is 0 Å². The molecule has 0 radical (unpaired) electrons. The van der Waals surface area contributed by atoms with Crippen LogP contribution in [0, 0.1) is 5.82 Å². The van der Waals surface area contributed by atoms with Crippen molar-refractivity contribution in [2.75, 3.05) is 27.4 Å². The van der Waals surface area contributed by atoms with Crippen molar-refractivity contribution in [3.8, 4) is 0 Å². The molecule has 0 aromatic heterocycles. The average Bonchev–Trinajstić information content (AvgIpc) is 2.32. The second kappa shape index (κ2) is 7.61. The van der Waals surface area contributed by atoms with E-state index in [4.69, 9.17) is 21.1 Å². The van der Waals surface area contributed by atoms with Gasteiger partial charge in [-0.2, -0.15) is 0 Å². The van der Waals surface area contributed by atoms with E-state index in [2.05, 4.69) is 5.32 Å². The zero-order chi connectivity index (χ0) is 12.7. The summed E-state index contributed by atoms with van der Waals surface area (Å²) in [6, 6.07) is 4.32. The summed E-state index contributed by atoms with van der Waals surface area (Å²) in [5.41, 5.74) is 0.735. The van der Waals surface area contributed by atoms with E-state index in [1.807, 2.05) is 0 Å². The lowest BCUT2D eigenvalue weighted by Crippen LogP contribution is -2.31. The Bertz CT molecular complexity index is 349. The molecule has 96 valence electrons. The lowest BCUT2D eigenvalue weighted by molar-refractivity contribution is 0.0288. The van der Waals surface area contributed by atoms with Crippen LogP contribution in [0.25, 0.3) is 0 Å². The molecule has 0 aliphatic heterocycles. The third-order valence-corrected chi connectivity index (χ3v) is 2.75. The summed E-state index contributed by atoms with van der Waals surface area (Å²) in [5, 5.41) is 3.70. The van der Waals surface area contributed by atoms with Gasteiger partial charge in [-0.1, -0.05) is 11.6 Å². The highest BCUT2D eigenvalue weighted by molar-refractivity contribution is 6.31. The van der Waals surface area contributed by atoms with Gasteiger partial charge in [-0.3, -0.25) is 0 Å². The summed E-state index contributed by atoms with van der Waals surface area (Å²) in [4.78, 5) is 0. The lowest BCUT2D eigenvalue weighted by atomic mass is 10.2. The molecule has 0 fully saturated rings. The molecule has 1 rings (SSSR count). The normalized spacial score (nSPS) is 12.7. The maximum atomic E-state index is 13.0. The van der Waals surface area contributed by atoms with Gasteiger partial charge in [0.1, 0.15) is 5.82 Å². The maximum absolute atomic E-state index is 13.0. The Morgan fingerprint density at radius 2 is 2.18 bits per heavy atom. The fraction of sp³-hybridized carbons (Fsp3) is 0.500. The fourth-order valence-electron chi connectivity index (χ4n) is 1.44. The minimum Gasteiger partial charge on any atom is -0.382 e. The number of halogens is 2. The van der Waals surface area contributed by atoms with Crippen LogP contribution >= 0.6 is 11.6 Å². The van der Waals surface area contributed by atoms with Crippen LogP contribution in [0.15, 0.2) is 18.2 Å². The summed E-state index contributed by atoms with van der Waals surface area (Å²) in [7, 11) is 3.25. The largest absolute Gasteiger partial charge is 0.382 e.